The second kappa shape index (κ2) is 5.67. The molecule has 0 fully saturated rings. The van der Waals surface area contributed by atoms with Gasteiger partial charge in [0.25, 0.3) is 0 Å². The fraction of sp³-hybridized carbons (Fsp3) is 0.312. The number of nitrogens with zero attached hydrogens (tertiary/aromatic N) is 1. The number of hydrogen-bond donors (Lipinski definition) is 0. The Morgan fingerprint density at radius 3 is 2.56 bits per heavy atom. The SMILES string of the molecule is CCOc1c(CC)ccc(C)c1-c1ccccn1. The van der Waals surface area contributed by atoms with Crippen LogP contribution in [-0.2, 0) is 6.42 Å². The molecule has 1 heterocycles. The Kier molecular flexibility index (Phi) is 3.98. The molecule has 2 heteroatoms. The Balaban J connectivity index is 2.64. The molecule has 0 amide bonds. The summed E-state index contributed by atoms with van der Waals surface area (Å²) in [6.07, 6.45) is 2.79. The van der Waals surface area contributed by atoms with Crippen molar-refractivity contribution in [3.05, 3.63) is 47.7 Å². The molecule has 1 aromatic carbocycles. The van der Waals surface area contributed by atoms with Crippen molar-refractivity contribution in [2.24, 2.45) is 0 Å². The van der Waals surface area contributed by atoms with E-state index in [2.05, 4.69) is 31.0 Å². The predicted octanol–water partition coefficient (Wildman–Crippen LogP) is 4.02. The average Bonchev–Trinajstić information content (AvgIpc) is 2.40. The molecular formula is C16H19NO. The summed E-state index contributed by atoms with van der Waals surface area (Å²) in [5.74, 6) is 0.985. The van der Waals surface area contributed by atoms with Crippen LogP contribution >= 0.6 is 0 Å². The van der Waals surface area contributed by atoms with Gasteiger partial charge < -0.3 is 4.74 Å². The third-order valence-corrected chi connectivity index (χ3v) is 3.04. The van der Waals surface area contributed by atoms with E-state index in [1.54, 1.807) is 0 Å². The van der Waals surface area contributed by atoms with E-state index in [4.69, 9.17) is 4.74 Å². The van der Waals surface area contributed by atoms with Gasteiger partial charge in [0, 0.05) is 11.8 Å². The van der Waals surface area contributed by atoms with Crippen molar-refractivity contribution in [3.63, 3.8) is 0 Å². The molecule has 0 aliphatic heterocycles. The van der Waals surface area contributed by atoms with Gasteiger partial charge in [-0.3, -0.25) is 4.98 Å². The first-order valence-electron chi connectivity index (χ1n) is 6.44. The molecule has 0 aliphatic carbocycles. The van der Waals surface area contributed by atoms with Crippen LogP contribution < -0.4 is 4.74 Å². The zero-order valence-corrected chi connectivity index (χ0v) is 11.2. The summed E-state index contributed by atoms with van der Waals surface area (Å²) in [6, 6.07) is 10.3. The number of benzene rings is 1. The number of hydrogen-bond acceptors (Lipinski definition) is 2. The molecule has 2 rings (SSSR count). The minimum absolute atomic E-state index is 0.677. The number of aryl methyl sites for hydroxylation is 2. The van der Waals surface area contributed by atoms with Crippen LogP contribution in [0.3, 0.4) is 0 Å². The van der Waals surface area contributed by atoms with Crippen LogP contribution in [0.4, 0.5) is 0 Å². The molecule has 0 saturated heterocycles. The van der Waals surface area contributed by atoms with Gasteiger partial charge in [-0.05, 0) is 43.5 Å². The second-order valence-corrected chi connectivity index (χ2v) is 4.25. The van der Waals surface area contributed by atoms with Crippen molar-refractivity contribution in [2.45, 2.75) is 27.2 Å². The van der Waals surface area contributed by atoms with Gasteiger partial charge in [0.1, 0.15) is 5.75 Å². The van der Waals surface area contributed by atoms with Gasteiger partial charge in [0.15, 0.2) is 0 Å². The maximum Gasteiger partial charge on any atom is 0.132 e. The van der Waals surface area contributed by atoms with E-state index < -0.39 is 0 Å². The first kappa shape index (κ1) is 12.6. The fourth-order valence-electron chi connectivity index (χ4n) is 2.14. The molecular weight excluding hydrogens is 222 g/mol. The third kappa shape index (κ3) is 2.37. The Labute approximate surface area is 109 Å². The van der Waals surface area contributed by atoms with Gasteiger partial charge in [-0.25, -0.2) is 0 Å². The molecule has 0 unspecified atom stereocenters. The van der Waals surface area contributed by atoms with Crippen LogP contribution in [0.2, 0.25) is 0 Å². The summed E-state index contributed by atoms with van der Waals surface area (Å²) in [6.45, 7) is 6.95. The highest BCUT2D eigenvalue weighted by atomic mass is 16.5. The van der Waals surface area contributed by atoms with E-state index in [1.807, 2.05) is 31.3 Å². The largest absolute Gasteiger partial charge is 0.493 e. The van der Waals surface area contributed by atoms with E-state index in [0.29, 0.717) is 6.61 Å². The van der Waals surface area contributed by atoms with Crippen molar-refractivity contribution in [3.8, 4) is 17.0 Å². The van der Waals surface area contributed by atoms with Gasteiger partial charge in [-0.2, -0.15) is 0 Å². The van der Waals surface area contributed by atoms with E-state index >= 15 is 0 Å². The first-order valence-corrected chi connectivity index (χ1v) is 6.44. The van der Waals surface area contributed by atoms with E-state index in [0.717, 1.165) is 23.4 Å². The molecule has 2 nitrogen and oxygen atoms in total. The summed E-state index contributed by atoms with van der Waals surface area (Å²) in [5, 5.41) is 0. The minimum atomic E-state index is 0.677. The summed E-state index contributed by atoms with van der Waals surface area (Å²) in [4.78, 5) is 4.45. The first-order chi connectivity index (χ1) is 8.77. The van der Waals surface area contributed by atoms with Crippen LogP contribution in [-0.4, -0.2) is 11.6 Å². The van der Waals surface area contributed by atoms with Crippen molar-refractivity contribution >= 4 is 0 Å². The smallest absolute Gasteiger partial charge is 0.132 e. The topological polar surface area (TPSA) is 22.1 Å². The molecule has 0 spiro atoms. The lowest BCUT2D eigenvalue weighted by Gasteiger charge is -2.16. The highest BCUT2D eigenvalue weighted by Crippen LogP contribution is 2.35. The Morgan fingerprint density at radius 2 is 1.94 bits per heavy atom. The van der Waals surface area contributed by atoms with E-state index in [1.165, 1.54) is 11.1 Å². The molecule has 0 N–H and O–H groups in total. The molecule has 2 aromatic rings. The lowest BCUT2D eigenvalue weighted by molar-refractivity contribution is 0.338. The van der Waals surface area contributed by atoms with Crippen molar-refractivity contribution < 1.29 is 4.74 Å². The maximum atomic E-state index is 5.85. The molecule has 0 bridgehead atoms. The summed E-state index contributed by atoms with van der Waals surface area (Å²) < 4.78 is 5.85. The molecule has 0 saturated carbocycles. The molecule has 0 aliphatic rings. The normalized spacial score (nSPS) is 10.4. The summed E-state index contributed by atoms with van der Waals surface area (Å²) >= 11 is 0. The number of ether oxygens (including phenoxy) is 1. The van der Waals surface area contributed by atoms with Crippen molar-refractivity contribution in [1.29, 1.82) is 0 Å². The van der Waals surface area contributed by atoms with Gasteiger partial charge in [0.2, 0.25) is 0 Å². The number of pyridine rings is 1. The van der Waals surface area contributed by atoms with Crippen LogP contribution in [0.1, 0.15) is 25.0 Å². The van der Waals surface area contributed by atoms with Gasteiger partial charge in [0.05, 0.1) is 12.3 Å². The standard InChI is InChI=1S/C16H19NO/c1-4-13-10-9-12(3)15(16(13)18-5-2)14-8-6-7-11-17-14/h6-11H,4-5H2,1-3H3. The zero-order chi connectivity index (χ0) is 13.0. The highest BCUT2D eigenvalue weighted by molar-refractivity contribution is 5.72. The van der Waals surface area contributed by atoms with Crippen LogP contribution in [0.25, 0.3) is 11.3 Å². The summed E-state index contributed by atoms with van der Waals surface area (Å²) in [7, 11) is 0. The van der Waals surface area contributed by atoms with E-state index in [9.17, 15) is 0 Å². The third-order valence-electron chi connectivity index (χ3n) is 3.04. The molecule has 1 aromatic heterocycles. The lowest BCUT2D eigenvalue weighted by atomic mass is 9.98. The van der Waals surface area contributed by atoms with Crippen molar-refractivity contribution in [1.82, 2.24) is 4.98 Å². The fourth-order valence-corrected chi connectivity index (χ4v) is 2.14. The number of aromatic nitrogens is 1. The zero-order valence-electron chi connectivity index (χ0n) is 11.2. The van der Waals surface area contributed by atoms with Crippen LogP contribution in [0.15, 0.2) is 36.5 Å². The predicted molar refractivity (Wildman–Crippen MR) is 75.0 cm³/mol. The molecule has 0 radical (unpaired) electrons. The van der Waals surface area contributed by atoms with Crippen LogP contribution in [0.5, 0.6) is 5.75 Å². The number of rotatable bonds is 4. The molecule has 94 valence electrons. The Morgan fingerprint density at radius 1 is 1.11 bits per heavy atom. The lowest BCUT2D eigenvalue weighted by Crippen LogP contribution is -2.01. The second-order valence-electron chi connectivity index (χ2n) is 4.25. The Bertz CT molecular complexity index is 520. The summed E-state index contributed by atoms with van der Waals surface area (Å²) in [5.41, 5.74) is 4.54. The maximum absolute atomic E-state index is 5.85. The molecule has 18 heavy (non-hydrogen) atoms. The van der Waals surface area contributed by atoms with Gasteiger partial charge in [-0.15, -0.1) is 0 Å². The minimum Gasteiger partial charge on any atom is -0.493 e. The van der Waals surface area contributed by atoms with Crippen LogP contribution in [0, 0.1) is 6.92 Å². The van der Waals surface area contributed by atoms with Gasteiger partial charge >= 0.3 is 0 Å². The van der Waals surface area contributed by atoms with Crippen molar-refractivity contribution in [2.75, 3.05) is 6.61 Å². The monoisotopic (exact) mass is 241 g/mol. The average molecular weight is 241 g/mol. The molecule has 0 atom stereocenters. The van der Waals surface area contributed by atoms with E-state index in [-0.39, 0.29) is 0 Å². The highest BCUT2D eigenvalue weighted by Gasteiger charge is 2.14. The Hall–Kier alpha value is -1.83. The quantitative estimate of drug-likeness (QED) is 0.806. The van der Waals surface area contributed by atoms with Gasteiger partial charge in [-0.1, -0.05) is 25.1 Å².